The van der Waals surface area contributed by atoms with Crippen molar-refractivity contribution >= 4 is 40.3 Å². The molecule has 5 nitrogen and oxygen atoms in total. The number of hydrogen-bond acceptors (Lipinski definition) is 5. The van der Waals surface area contributed by atoms with Crippen LogP contribution in [0.5, 0.6) is 5.75 Å². The van der Waals surface area contributed by atoms with Crippen molar-refractivity contribution in [3.8, 4) is 5.75 Å². The van der Waals surface area contributed by atoms with Crippen LogP contribution in [0.1, 0.15) is 50.3 Å². The van der Waals surface area contributed by atoms with E-state index in [4.69, 9.17) is 9.73 Å². The minimum Gasteiger partial charge on any atom is -0.496 e. The number of benzene rings is 2. The number of hydrogen-bond donors (Lipinski definition) is 0. The van der Waals surface area contributed by atoms with Crippen LogP contribution in [-0.4, -0.2) is 43.7 Å². The first kappa shape index (κ1) is 24.9. The molecule has 1 saturated heterocycles. The summed E-state index contributed by atoms with van der Waals surface area (Å²) in [6, 6.07) is 12.3. The van der Waals surface area contributed by atoms with Crippen molar-refractivity contribution in [2.24, 2.45) is 10.9 Å². The second kappa shape index (κ2) is 10.5. The van der Waals surface area contributed by atoms with Crippen LogP contribution in [0, 0.1) is 12.8 Å². The van der Waals surface area contributed by atoms with Gasteiger partial charge in [-0.1, -0.05) is 27.7 Å². The van der Waals surface area contributed by atoms with Crippen LogP contribution in [0.15, 0.2) is 46.3 Å². The Kier molecular flexibility index (Phi) is 7.90. The quantitative estimate of drug-likeness (QED) is 0.441. The van der Waals surface area contributed by atoms with Crippen molar-refractivity contribution < 1.29 is 9.53 Å². The van der Waals surface area contributed by atoms with Crippen LogP contribution in [0.3, 0.4) is 0 Å². The van der Waals surface area contributed by atoms with E-state index < -0.39 is 0 Å². The van der Waals surface area contributed by atoms with Gasteiger partial charge in [0.05, 0.1) is 17.7 Å². The van der Waals surface area contributed by atoms with Crippen LogP contribution in [0.2, 0.25) is 0 Å². The molecule has 0 aliphatic carbocycles. The molecule has 0 unspecified atom stereocenters. The highest BCUT2D eigenvalue weighted by Gasteiger charge is 2.34. The number of aliphatic imine (C=N–C) groups is 1. The van der Waals surface area contributed by atoms with Gasteiger partial charge in [-0.15, -0.1) is 0 Å². The third-order valence-corrected chi connectivity index (χ3v) is 6.56. The number of anilines is 1. The molecule has 2 aromatic rings. The molecule has 1 heterocycles. The molecule has 1 amide bonds. The maximum absolute atomic E-state index is 13.4. The second-order valence-electron chi connectivity index (χ2n) is 9.33. The molecule has 0 N–H and O–H groups in total. The Bertz CT molecular complexity index is 1070. The number of ether oxygens (including phenoxy) is 1. The van der Waals surface area contributed by atoms with E-state index >= 15 is 0 Å². The first-order valence-corrected chi connectivity index (χ1v) is 12.2. The van der Waals surface area contributed by atoms with E-state index in [0.717, 1.165) is 39.0 Å². The minimum absolute atomic E-state index is 0.0127. The topological polar surface area (TPSA) is 45.1 Å². The van der Waals surface area contributed by atoms with Crippen LogP contribution in [0.25, 0.3) is 6.08 Å². The number of amides is 1. The highest BCUT2D eigenvalue weighted by molar-refractivity contribution is 8.18. The lowest BCUT2D eigenvalue weighted by Gasteiger charge is -2.18. The molecule has 0 aromatic heterocycles. The molecule has 33 heavy (non-hydrogen) atoms. The van der Waals surface area contributed by atoms with Crippen molar-refractivity contribution in [1.82, 2.24) is 4.90 Å². The molecule has 1 aliphatic rings. The van der Waals surface area contributed by atoms with E-state index in [-0.39, 0.29) is 5.91 Å². The Morgan fingerprint density at radius 1 is 1.12 bits per heavy atom. The number of aryl methyl sites for hydroxylation is 1. The smallest absolute Gasteiger partial charge is 0.266 e. The fourth-order valence-corrected chi connectivity index (χ4v) is 4.69. The molecular weight excluding hydrogens is 430 g/mol. The normalized spacial score (nSPS) is 16.5. The third kappa shape index (κ3) is 5.80. The minimum atomic E-state index is 0.0127. The average molecular weight is 466 g/mol. The second-order valence-corrected chi connectivity index (χ2v) is 10.3. The largest absolute Gasteiger partial charge is 0.496 e. The fourth-order valence-electron chi connectivity index (χ4n) is 3.69. The summed E-state index contributed by atoms with van der Waals surface area (Å²) in [6.45, 7) is 11.2. The van der Waals surface area contributed by atoms with Gasteiger partial charge in [0.15, 0.2) is 5.17 Å². The van der Waals surface area contributed by atoms with Crippen LogP contribution >= 0.6 is 11.8 Å². The van der Waals surface area contributed by atoms with Crippen LogP contribution in [-0.2, 0) is 4.79 Å². The molecule has 2 aromatic carbocycles. The number of carbonyl (C=O) groups excluding carboxylic acids is 1. The Balaban J connectivity index is 2.00. The van der Waals surface area contributed by atoms with E-state index in [2.05, 4.69) is 51.7 Å². The van der Waals surface area contributed by atoms with Gasteiger partial charge in [-0.05, 0) is 89.7 Å². The Hall–Kier alpha value is -2.73. The lowest BCUT2D eigenvalue weighted by molar-refractivity contribution is -0.122. The number of nitrogens with zero attached hydrogens (tertiary/aromatic N) is 3. The van der Waals surface area contributed by atoms with E-state index in [1.165, 1.54) is 11.8 Å². The van der Waals surface area contributed by atoms with E-state index in [0.29, 0.717) is 23.3 Å². The summed E-state index contributed by atoms with van der Waals surface area (Å²) in [5.41, 5.74) is 5.21. The van der Waals surface area contributed by atoms with Crippen molar-refractivity contribution in [3.63, 3.8) is 0 Å². The zero-order chi connectivity index (χ0) is 24.3. The molecule has 176 valence electrons. The first-order valence-electron chi connectivity index (χ1n) is 11.4. The maximum atomic E-state index is 13.4. The van der Waals surface area contributed by atoms with Crippen LogP contribution < -0.4 is 9.64 Å². The van der Waals surface area contributed by atoms with E-state index in [9.17, 15) is 4.79 Å². The molecule has 0 atom stereocenters. The molecule has 1 fully saturated rings. The monoisotopic (exact) mass is 465 g/mol. The number of rotatable bonds is 7. The van der Waals surface area contributed by atoms with Gasteiger partial charge in [0.25, 0.3) is 5.91 Å². The van der Waals surface area contributed by atoms with Gasteiger partial charge in [-0.2, -0.15) is 0 Å². The van der Waals surface area contributed by atoms with E-state index in [1.54, 1.807) is 7.11 Å². The van der Waals surface area contributed by atoms with Crippen molar-refractivity contribution in [3.05, 3.63) is 58.0 Å². The molecule has 3 rings (SSSR count). The highest BCUT2D eigenvalue weighted by Crippen LogP contribution is 2.37. The van der Waals surface area contributed by atoms with Gasteiger partial charge in [-0.25, -0.2) is 4.99 Å². The third-order valence-electron chi connectivity index (χ3n) is 5.55. The molecule has 0 saturated carbocycles. The first-order chi connectivity index (χ1) is 15.6. The number of thioether (sulfide) groups is 1. The summed E-state index contributed by atoms with van der Waals surface area (Å²) < 4.78 is 5.58. The molecule has 1 aliphatic heterocycles. The van der Waals surface area contributed by atoms with Crippen molar-refractivity contribution in [1.29, 1.82) is 0 Å². The molecule has 0 bridgehead atoms. The highest BCUT2D eigenvalue weighted by atomic mass is 32.2. The summed E-state index contributed by atoms with van der Waals surface area (Å²) in [5.74, 6) is 1.56. The zero-order valence-electron chi connectivity index (χ0n) is 21.0. The van der Waals surface area contributed by atoms with Gasteiger partial charge in [0.1, 0.15) is 5.75 Å². The molecule has 0 radical (unpaired) electrons. The summed E-state index contributed by atoms with van der Waals surface area (Å²) in [5, 5.41) is 0.729. The van der Waals surface area contributed by atoms with Gasteiger partial charge in [0.2, 0.25) is 0 Å². The summed E-state index contributed by atoms with van der Waals surface area (Å²) in [4.78, 5) is 22.8. The zero-order valence-corrected chi connectivity index (χ0v) is 21.8. The van der Waals surface area contributed by atoms with Crippen molar-refractivity contribution in [2.75, 3.05) is 32.6 Å². The van der Waals surface area contributed by atoms with Crippen molar-refractivity contribution in [2.45, 2.75) is 40.5 Å². The van der Waals surface area contributed by atoms with Gasteiger partial charge >= 0.3 is 0 Å². The molecule has 0 spiro atoms. The number of methoxy groups -OCH3 is 1. The predicted octanol–water partition coefficient (Wildman–Crippen LogP) is 6.45. The lowest BCUT2D eigenvalue weighted by Crippen LogP contribution is -2.32. The Morgan fingerprint density at radius 3 is 2.33 bits per heavy atom. The average Bonchev–Trinajstić information content (AvgIpc) is 3.03. The summed E-state index contributed by atoms with van der Waals surface area (Å²) in [6.07, 6.45) is 2.00. The lowest BCUT2D eigenvalue weighted by atomic mass is 9.96. The van der Waals surface area contributed by atoms with Gasteiger partial charge in [0, 0.05) is 26.3 Å². The van der Waals surface area contributed by atoms with Crippen LogP contribution in [0.4, 0.5) is 11.4 Å². The standard InChI is InChI=1S/C27H35N3O2S/c1-17(2)16-30-26(31)25(15-20-14-23(18(3)4)24(32-8)13-19(20)5)33-27(30)28-21-9-11-22(12-10-21)29(6)7/h9-15,17-18H,16H2,1-8H3/b25-15+,28-27?. The fraction of sp³-hybridized carbons (Fsp3) is 0.407. The molecule has 6 heteroatoms. The van der Waals surface area contributed by atoms with Gasteiger partial charge < -0.3 is 9.64 Å². The van der Waals surface area contributed by atoms with Gasteiger partial charge in [-0.3, -0.25) is 9.69 Å². The Labute approximate surface area is 202 Å². The number of amidine groups is 1. The Morgan fingerprint density at radius 2 is 1.79 bits per heavy atom. The summed E-state index contributed by atoms with van der Waals surface area (Å²) in [7, 11) is 5.73. The summed E-state index contributed by atoms with van der Waals surface area (Å²) >= 11 is 1.45. The maximum Gasteiger partial charge on any atom is 0.266 e. The SMILES string of the molecule is COc1cc(C)c(/C=C2/SC(=Nc3ccc(N(C)C)cc3)N(CC(C)C)C2=O)cc1C(C)C. The number of carbonyl (C=O) groups is 1. The molecular formula is C27H35N3O2S. The van der Waals surface area contributed by atoms with E-state index in [1.807, 2.05) is 49.3 Å². The predicted molar refractivity (Wildman–Crippen MR) is 142 cm³/mol.